The smallest absolute Gasteiger partial charge is 0.244 e. The maximum absolute atomic E-state index is 13.8. The summed E-state index contributed by atoms with van der Waals surface area (Å²) in [6, 6.07) is 19.0. The van der Waals surface area contributed by atoms with Crippen LogP contribution < -0.4 is 5.32 Å². The van der Waals surface area contributed by atoms with Gasteiger partial charge in [-0.15, -0.1) is 0 Å². The van der Waals surface area contributed by atoms with Crippen LogP contribution in [0.3, 0.4) is 0 Å². The summed E-state index contributed by atoms with van der Waals surface area (Å²) in [6.45, 7) is 8.18. The van der Waals surface area contributed by atoms with Crippen LogP contribution in [0, 0.1) is 0 Å². The minimum atomic E-state index is -1.26. The molecule has 1 aliphatic heterocycles. The molecule has 160 valence electrons. The van der Waals surface area contributed by atoms with E-state index in [4.69, 9.17) is 0 Å². The molecular weight excluding hydrogens is 386 g/mol. The Hall–Kier alpha value is -3.11. The van der Waals surface area contributed by atoms with E-state index in [0.717, 1.165) is 22.4 Å². The number of carbonyl (C=O) groups is 1. The molecule has 4 heteroatoms. The third-order valence-corrected chi connectivity index (χ3v) is 6.39. The van der Waals surface area contributed by atoms with Crippen LogP contribution in [0.4, 0.5) is 5.69 Å². The molecule has 1 unspecified atom stereocenters. The highest BCUT2D eigenvalue weighted by Gasteiger charge is 2.52. The number of aliphatic hydroxyl groups excluding tert-OH is 1. The lowest BCUT2D eigenvalue weighted by Crippen LogP contribution is -2.38. The summed E-state index contributed by atoms with van der Waals surface area (Å²) in [5.74, 6) is 0.324. The van der Waals surface area contributed by atoms with E-state index in [1.165, 1.54) is 0 Å². The van der Waals surface area contributed by atoms with Gasteiger partial charge in [-0.2, -0.15) is 0 Å². The Labute approximate surface area is 183 Å². The van der Waals surface area contributed by atoms with Crippen molar-refractivity contribution in [1.29, 1.82) is 0 Å². The number of nitrogens with one attached hydrogen (secondary N) is 1. The molecule has 1 aliphatic rings. The maximum Gasteiger partial charge on any atom is 0.244 e. The zero-order chi connectivity index (χ0) is 22.3. The van der Waals surface area contributed by atoms with Gasteiger partial charge in [0.1, 0.15) is 11.2 Å². The lowest BCUT2D eigenvalue weighted by atomic mass is 9.67. The molecule has 4 rings (SSSR count). The molecule has 0 bridgehead atoms. The lowest BCUT2D eigenvalue weighted by Gasteiger charge is -2.32. The van der Waals surface area contributed by atoms with Crippen molar-refractivity contribution >= 4 is 11.6 Å². The Morgan fingerprint density at radius 2 is 1.45 bits per heavy atom. The number of rotatable bonds is 5. The van der Waals surface area contributed by atoms with Gasteiger partial charge in [0.25, 0.3) is 0 Å². The van der Waals surface area contributed by atoms with E-state index in [1.54, 1.807) is 6.07 Å². The molecule has 3 aromatic carbocycles. The molecule has 0 saturated heterocycles. The first kappa shape index (κ1) is 21.1. The van der Waals surface area contributed by atoms with Crippen LogP contribution in [0.25, 0.3) is 0 Å². The quantitative estimate of drug-likeness (QED) is 0.521. The fraction of sp³-hybridized carbons (Fsp3) is 0.296. The fourth-order valence-corrected chi connectivity index (χ4v) is 4.59. The van der Waals surface area contributed by atoms with E-state index in [9.17, 15) is 15.0 Å². The van der Waals surface area contributed by atoms with Gasteiger partial charge < -0.3 is 15.5 Å². The summed E-state index contributed by atoms with van der Waals surface area (Å²) in [5.41, 5.74) is 4.28. The molecule has 3 N–H and O–H groups in total. The average molecular weight is 416 g/mol. The van der Waals surface area contributed by atoms with Crippen molar-refractivity contribution in [3.63, 3.8) is 0 Å². The third-order valence-electron chi connectivity index (χ3n) is 6.39. The van der Waals surface area contributed by atoms with Crippen LogP contribution in [0.5, 0.6) is 5.75 Å². The van der Waals surface area contributed by atoms with Gasteiger partial charge in [-0.05, 0) is 46.2 Å². The van der Waals surface area contributed by atoms with Gasteiger partial charge in [0, 0.05) is 16.8 Å². The van der Waals surface area contributed by atoms with Gasteiger partial charge in [0.15, 0.2) is 0 Å². The number of carbonyl (C=O) groups excluding carboxylic acids is 1. The summed E-state index contributed by atoms with van der Waals surface area (Å²) >= 11 is 0. The average Bonchev–Trinajstić information content (AvgIpc) is 3.05. The van der Waals surface area contributed by atoms with Crippen LogP contribution in [-0.2, 0) is 16.8 Å². The molecule has 3 aromatic rings. The van der Waals surface area contributed by atoms with Crippen LogP contribution in [0.2, 0.25) is 0 Å². The number of amides is 1. The molecule has 0 aliphatic carbocycles. The number of phenolic OH excluding ortho intramolecular Hbond substituents is 1. The van der Waals surface area contributed by atoms with Gasteiger partial charge in [0.05, 0.1) is 6.61 Å². The molecule has 31 heavy (non-hydrogen) atoms. The van der Waals surface area contributed by atoms with E-state index in [-0.39, 0.29) is 30.1 Å². The van der Waals surface area contributed by atoms with Crippen LogP contribution in [0.1, 0.15) is 72.9 Å². The molecule has 1 heterocycles. The molecule has 0 radical (unpaired) electrons. The van der Waals surface area contributed by atoms with Crippen molar-refractivity contribution in [3.05, 3.63) is 94.0 Å². The second-order valence-corrected chi connectivity index (χ2v) is 8.91. The molecule has 4 nitrogen and oxygen atoms in total. The number of fused-ring (bicyclic) bond motifs is 1. The van der Waals surface area contributed by atoms with Gasteiger partial charge in [-0.1, -0.05) is 76.2 Å². The van der Waals surface area contributed by atoms with Crippen molar-refractivity contribution in [3.8, 4) is 5.75 Å². The van der Waals surface area contributed by atoms with E-state index in [1.807, 2.05) is 54.6 Å². The number of aliphatic hydroxyl groups is 1. The Balaban J connectivity index is 2.16. The standard InChI is InChI=1S/C27H29NO3/c1-16(2)18-9-10-20(15-29)22(13-18)27(21-7-5-6-8-24(21)28-26(27)31)23-14-19(17(3)4)11-12-25(23)30/h5-14,16-17,29-30H,15H2,1-4H3,(H,28,31). The molecular formula is C27H29NO3. The zero-order valence-electron chi connectivity index (χ0n) is 18.4. The molecule has 1 atom stereocenters. The topological polar surface area (TPSA) is 69.6 Å². The molecule has 0 saturated carbocycles. The van der Waals surface area contributed by atoms with Crippen molar-refractivity contribution in [2.24, 2.45) is 0 Å². The second kappa shape index (κ2) is 7.86. The van der Waals surface area contributed by atoms with E-state index in [2.05, 4.69) is 33.0 Å². The number of benzene rings is 3. The van der Waals surface area contributed by atoms with E-state index < -0.39 is 5.41 Å². The highest BCUT2D eigenvalue weighted by Crippen LogP contribution is 2.51. The summed E-state index contributed by atoms with van der Waals surface area (Å²) in [6.07, 6.45) is 0. The van der Waals surface area contributed by atoms with Crippen LogP contribution >= 0.6 is 0 Å². The van der Waals surface area contributed by atoms with Crippen molar-refractivity contribution < 1.29 is 15.0 Å². The highest BCUT2D eigenvalue weighted by molar-refractivity contribution is 6.12. The molecule has 0 aromatic heterocycles. The second-order valence-electron chi connectivity index (χ2n) is 8.91. The normalized spacial score (nSPS) is 17.8. The van der Waals surface area contributed by atoms with Gasteiger partial charge in [0.2, 0.25) is 5.91 Å². The predicted octanol–water partition coefficient (Wildman–Crippen LogP) is 5.42. The van der Waals surface area contributed by atoms with Gasteiger partial charge in [-0.3, -0.25) is 4.79 Å². The number of aromatic hydroxyl groups is 1. The fourth-order valence-electron chi connectivity index (χ4n) is 4.59. The Morgan fingerprint density at radius 3 is 2.10 bits per heavy atom. The summed E-state index contributed by atoms with van der Waals surface area (Å²) in [5, 5.41) is 24.3. The predicted molar refractivity (Wildman–Crippen MR) is 124 cm³/mol. The van der Waals surface area contributed by atoms with E-state index in [0.29, 0.717) is 16.7 Å². The van der Waals surface area contributed by atoms with Crippen LogP contribution in [-0.4, -0.2) is 16.1 Å². The van der Waals surface area contributed by atoms with Crippen molar-refractivity contribution in [2.75, 3.05) is 5.32 Å². The summed E-state index contributed by atoms with van der Waals surface area (Å²) in [7, 11) is 0. The van der Waals surface area contributed by atoms with Gasteiger partial charge >= 0.3 is 0 Å². The monoisotopic (exact) mass is 415 g/mol. The number of hydrogen-bond acceptors (Lipinski definition) is 3. The lowest BCUT2D eigenvalue weighted by molar-refractivity contribution is -0.118. The zero-order valence-corrected chi connectivity index (χ0v) is 18.4. The Morgan fingerprint density at radius 1 is 0.839 bits per heavy atom. The SMILES string of the molecule is CC(C)c1ccc(O)c(C2(c3cc(C(C)C)ccc3CO)C(=O)Nc3ccccc32)c1. The summed E-state index contributed by atoms with van der Waals surface area (Å²) < 4.78 is 0. The van der Waals surface area contributed by atoms with Crippen molar-refractivity contribution in [2.45, 2.75) is 51.6 Å². The number of hydrogen-bond donors (Lipinski definition) is 3. The maximum atomic E-state index is 13.8. The largest absolute Gasteiger partial charge is 0.508 e. The number of para-hydroxylation sites is 1. The van der Waals surface area contributed by atoms with E-state index >= 15 is 0 Å². The Kier molecular flexibility index (Phi) is 5.36. The summed E-state index contributed by atoms with van der Waals surface area (Å²) in [4.78, 5) is 13.8. The first-order valence-electron chi connectivity index (χ1n) is 10.8. The molecule has 1 amide bonds. The third kappa shape index (κ3) is 3.22. The molecule has 0 fully saturated rings. The van der Waals surface area contributed by atoms with Gasteiger partial charge in [-0.25, -0.2) is 0 Å². The first-order valence-corrected chi connectivity index (χ1v) is 10.8. The minimum absolute atomic E-state index is 0.0649. The minimum Gasteiger partial charge on any atom is -0.508 e. The van der Waals surface area contributed by atoms with Crippen LogP contribution in [0.15, 0.2) is 60.7 Å². The Bertz CT molecular complexity index is 1150. The highest BCUT2D eigenvalue weighted by atomic mass is 16.3. The first-order chi connectivity index (χ1) is 14.8. The van der Waals surface area contributed by atoms with Crippen molar-refractivity contribution in [1.82, 2.24) is 0 Å². The molecule has 0 spiro atoms. The number of phenols is 1. The number of anilines is 1.